The highest BCUT2D eigenvalue weighted by Crippen LogP contribution is 2.61. The zero-order valence-electron chi connectivity index (χ0n) is 17.9. The smallest absolute Gasteiger partial charge is 0.263 e. The highest BCUT2D eigenvalue weighted by molar-refractivity contribution is 5.97. The molecule has 4 heteroatoms. The molecule has 1 atom stereocenters. The molecule has 4 fully saturated rings. The molecule has 1 amide bonds. The Morgan fingerprint density at radius 2 is 1.69 bits per heavy atom. The van der Waals surface area contributed by atoms with Crippen molar-refractivity contribution in [3.63, 3.8) is 0 Å². The van der Waals surface area contributed by atoms with Crippen molar-refractivity contribution in [3.8, 4) is 6.07 Å². The van der Waals surface area contributed by atoms with Crippen LogP contribution in [0.4, 0.5) is 5.69 Å². The summed E-state index contributed by atoms with van der Waals surface area (Å²) in [5, 5.41) is 16.0. The Morgan fingerprint density at radius 1 is 1.10 bits per heavy atom. The molecule has 154 valence electrons. The van der Waals surface area contributed by atoms with Gasteiger partial charge in [-0.1, -0.05) is 32.0 Å². The standard InChI is InChI=1S/C25H33N3O/c1-16(2)22-6-4-5-7-23(22)27-15-21(14-26)24(29)28-17(3)25-11-18-8-19(12-25)10-20(9-18)13-25/h4-7,15-20,27H,8-13H2,1-3H3,(H,28,29)/b21-15-. The van der Waals surface area contributed by atoms with E-state index in [1.165, 1.54) is 44.1 Å². The highest BCUT2D eigenvalue weighted by atomic mass is 16.1. The number of nitrogens with zero attached hydrogens (tertiary/aromatic N) is 1. The van der Waals surface area contributed by atoms with Crippen LogP contribution in [0.2, 0.25) is 0 Å². The lowest BCUT2D eigenvalue weighted by Crippen LogP contribution is -2.56. The third-order valence-electron chi connectivity index (χ3n) is 7.67. The first-order valence-corrected chi connectivity index (χ1v) is 11.2. The Morgan fingerprint density at radius 3 is 2.24 bits per heavy atom. The molecular formula is C25H33N3O. The van der Waals surface area contributed by atoms with E-state index in [0.717, 1.165) is 23.4 Å². The summed E-state index contributed by atoms with van der Waals surface area (Å²) in [5.41, 5.74) is 2.49. The topological polar surface area (TPSA) is 64.9 Å². The van der Waals surface area contributed by atoms with E-state index >= 15 is 0 Å². The molecule has 0 aromatic heterocycles. The number of hydrogen-bond acceptors (Lipinski definition) is 3. The van der Waals surface area contributed by atoms with Gasteiger partial charge >= 0.3 is 0 Å². The predicted octanol–water partition coefficient (Wildman–Crippen LogP) is 5.35. The minimum Gasteiger partial charge on any atom is -0.360 e. The number of anilines is 1. The number of para-hydroxylation sites is 1. The second-order valence-electron chi connectivity index (χ2n) is 10.0. The van der Waals surface area contributed by atoms with Gasteiger partial charge in [-0.2, -0.15) is 5.26 Å². The lowest BCUT2D eigenvalue weighted by molar-refractivity contribution is -0.122. The van der Waals surface area contributed by atoms with Gasteiger partial charge in [-0.15, -0.1) is 0 Å². The summed E-state index contributed by atoms with van der Waals surface area (Å²) in [5.74, 6) is 2.65. The Labute approximate surface area is 174 Å². The third-order valence-corrected chi connectivity index (χ3v) is 7.67. The summed E-state index contributed by atoms with van der Waals surface area (Å²) in [6, 6.07) is 10.2. The monoisotopic (exact) mass is 391 g/mol. The molecule has 1 aromatic carbocycles. The van der Waals surface area contributed by atoms with E-state index < -0.39 is 0 Å². The van der Waals surface area contributed by atoms with Crippen LogP contribution >= 0.6 is 0 Å². The average molecular weight is 392 g/mol. The fourth-order valence-electron chi connectivity index (χ4n) is 6.57. The summed E-state index contributed by atoms with van der Waals surface area (Å²) in [7, 11) is 0. The van der Waals surface area contributed by atoms with Gasteiger partial charge in [0.15, 0.2) is 0 Å². The summed E-state index contributed by atoms with van der Waals surface area (Å²) < 4.78 is 0. The molecular weight excluding hydrogens is 358 g/mol. The van der Waals surface area contributed by atoms with Gasteiger partial charge in [0.05, 0.1) is 0 Å². The van der Waals surface area contributed by atoms with E-state index in [4.69, 9.17) is 0 Å². The lowest BCUT2D eigenvalue weighted by atomic mass is 9.48. The quantitative estimate of drug-likeness (QED) is 0.507. The van der Waals surface area contributed by atoms with Crippen molar-refractivity contribution in [1.82, 2.24) is 5.32 Å². The van der Waals surface area contributed by atoms with E-state index in [1.807, 2.05) is 18.2 Å². The van der Waals surface area contributed by atoms with Gasteiger partial charge in [0, 0.05) is 17.9 Å². The maximum atomic E-state index is 12.9. The van der Waals surface area contributed by atoms with E-state index in [0.29, 0.717) is 5.92 Å². The number of nitriles is 1. The number of benzene rings is 1. The minimum atomic E-state index is -0.259. The molecule has 4 bridgehead atoms. The van der Waals surface area contributed by atoms with E-state index in [2.05, 4.69) is 43.5 Å². The molecule has 4 saturated carbocycles. The first-order chi connectivity index (χ1) is 13.9. The fourth-order valence-corrected chi connectivity index (χ4v) is 6.57. The van der Waals surface area contributed by atoms with Crippen LogP contribution in [0.5, 0.6) is 0 Å². The van der Waals surface area contributed by atoms with E-state index in [-0.39, 0.29) is 22.9 Å². The molecule has 4 nitrogen and oxygen atoms in total. The van der Waals surface area contributed by atoms with E-state index in [1.54, 1.807) is 6.20 Å². The van der Waals surface area contributed by atoms with Crippen molar-refractivity contribution in [2.24, 2.45) is 23.2 Å². The van der Waals surface area contributed by atoms with Crippen molar-refractivity contribution in [1.29, 1.82) is 5.26 Å². The average Bonchev–Trinajstić information content (AvgIpc) is 2.67. The van der Waals surface area contributed by atoms with Crippen molar-refractivity contribution >= 4 is 11.6 Å². The maximum Gasteiger partial charge on any atom is 0.263 e. The summed E-state index contributed by atoms with van der Waals surface area (Å²) in [4.78, 5) is 12.9. The van der Waals surface area contributed by atoms with Gasteiger partial charge in [-0.25, -0.2) is 0 Å². The van der Waals surface area contributed by atoms with Crippen molar-refractivity contribution < 1.29 is 4.79 Å². The molecule has 0 aliphatic heterocycles. The molecule has 4 aliphatic rings. The first-order valence-electron chi connectivity index (χ1n) is 11.2. The summed E-state index contributed by atoms with van der Waals surface area (Å²) >= 11 is 0. The molecule has 1 unspecified atom stereocenters. The van der Waals surface area contributed by atoms with Crippen LogP contribution in [0.1, 0.15) is 70.8 Å². The number of amides is 1. The molecule has 0 heterocycles. The zero-order valence-corrected chi connectivity index (χ0v) is 17.9. The van der Waals surface area contributed by atoms with Crippen LogP contribution in [-0.4, -0.2) is 11.9 Å². The molecule has 5 rings (SSSR count). The number of hydrogen-bond donors (Lipinski definition) is 2. The SMILES string of the molecule is CC(C)c1ccccc1N/C=C(/C#N)C(=O)NC(C)C12CC3CC(CC(C3)C1)C2. The summed E-state index contributed by atoms with van der Waals surface area (Å²) in [6.45, 7) is 6.42. The Kier molecular flexibility index (Phi) is 5.42. The minimum absolute atomic E-state index is 0.114. The fraction of sp³-hybridized carbons (Fsp3) is 0.600. The number of carbonyl (C=O) groups excluding carboxylic acids is 1. The maximum absolute atomic E-state index is 12.9. The van der Waals surface area contributed by atoms with Crippen LogP contribution < -0.4 is 10.6 Å². The highest BCUT2D eigenvalue weighted by Gasteiger charge is 2.53. The van der Waals surface area contributed by atoms with Crippen molar-refractivity contribution in [3.05, 3.63) is 41.6 Å². The van der Waals surface area contributed by atoms with Crippen LogP contribution in [0, 0.1) is 34.5 Å². The number of carbonyl (C=O) groups is 1. The second-order valence-corrected chi connectivity index (χ2v) is 10.0. The van der Waals surface area contributed by atoms with Gasteiger partial charge in [-0.3, -0.25) is 4.79 Å². The number of rotatable bonds is 6. The first kappa shape index (κ1) is 20.0. The molecule has 2 N–H and O–H groups in total. The molecule has 0 radical (unpaired) electrons. The van der Waals surface area contributed by atoms with Gasteiger partial charge in [0.2, 0.25) is 0 Å². The summed E-state index contributed by atoms with van der Waals surface area (Å²) in [6.07, 6.45) is 9.46. The van der Waals surface area contributed by atoms with Crippen LogP contribution in [0.3, 0.4) is 0 Å². The van der Waals surface area contributed by atoms with Gasteiger partial charge < -0.3 is 10.6 Å². The van der Waals surface area contributed by atoms with Crippen LogP contribution in [-0.2, 0) is 4.79 Å². The Hall–Kier alpha value is -2.28. The Bertz CT molecular complexity index is 813. The normalized spacial score (nSPS) is 31.4. The zero-order chi connectivity index (χ0) is 20.6. The van der Waals surface area contributed by atoms with Gasteiger partial charge in [0.25, 0.3) is 5.91 Å². The largest absolute Gasteiger partial charge is 0.360 e. The molecule has 4 aliphatic carbocycles. The third kappa shape index (κ3) is 3.92. The number of nitrogens with one attached hydrogen (secondary N) is 2. The second kappa shape index (κ2) is 7.86. The van der Waals surface area contributed by atoms with Gasteiger partial charge in [-0.05, 0) is 86.2 Å². The molecule has 0 spiro atoms. The van der Waals surface area contributed by atoms with Crippen LogP contribution in [0.25, 0.3) is 0 Å². The molecule has 29 heavy (non-hydrogen) atoms. The van der Waals surface area contributed by atoms with Gasteiger partial charge in [0.1, 0.15) is 11.6 Å². The Balaban J connectivity index is 1.44. The van der Waals surface area contributed by atoms with E-state index in [9.17, 15) is 10.1 Å². The lowest BCUT2D eigenvalue weighted by Gasteiger charge is -2.59. The van der Waals surface area contributed by atoms with Crippen LogP contribution in [0.15, 0.2) is 36.0 Å². The molecule has 0 saturated heterocycles. The van der Waals surface area contributed by atoms with Crippen molar-refractivity contribution in [2.75, 3.05) is 5.32 Å². The molecule has 1 aromatic rings. The predicted molar refractivity (Wildman–Crippen MR) is 116 cm³/mol. The van der Waals surface area contributed by atoms with Crippen molar-refractivity contribution in [2.45, 2.75) is 71.3 Å².